The van der Waals surface area contributed by atoms with Crippen molar-refractivity contribution in [1.29, 1.82) is 0 Å². The fraction of sp³-hybridized carbons (Fsp3) is 0.417. The molecule has 1 aliphatic rings. The van der Waals surface area contributed by atoms with E-state index in [1.165, 1.54) is 19.0 Å². The Morgan fingerprint density at radius 2 is 2.00 bits per heavy atom. The lowest BCUT2D eigenvalue weighted by atomic mass is 10.4. The van der Waals surface area contributed by atoms with Crippen molar-refractivity contribution in [1.82, 2.24) is 25.1 Å². The highest BCUT2D eigenvalue weighted by Crippen LogP contribution is 2.28. The molecule has 20 heavy (non-hydrogen) atoms. The molecule has 0 unspecified atom stereocenters. The predicted octanol–water partition coefficient (Wildman–Crippen LogP) is 1.93. The first-order valence-electron chi connectivity index (χ1n) is 6.19. The van der Waals surface area contributed by atoms with E-state index in [0.29, 0.717) is 12.6 Å². The van der Waals surface area contributed by atoms with Crippen LogP contribution in [0.4, 0.5) is 13.2 Å². The second kappa shape index (κ2) is 4.86. The van der Waals surface area contributed by atoms with Crippen LogP contribution in [-0.4, -0.2) is 25.8 Å². The first-order valence-corrected chi connectivity index (χ1v) is 6.19. The highest BCUT2D eigenvalue weighted by molar-refractivity contribution is 5.21. The Morgan fingerprint density at radius 1 is 1.20 bits per heavy atom. The van der Waals surface area contributed by atoms with Gasteiger partial charge in [0, 0.05) is 18.8 Å². The van der Waals surface area contributed by atoms with Crippen LogP contribution >= 0.6 is 0 Å². The summed E-state index contributed by atoms with van der Waals surface area (Å²) < 4.78 is 38.5. The largest absolute Gasteiger partial charge is 0.419 e. The lowest BCUT2D eigenvalue weighted by Gasteiger charge is -2.04. The van der Waals surface area contributed by atoms with Gasteiger partial charge in [-0.15, -0.1) is 0 Å². The summed E-state index contributed by atoms with van der Waals surface area (Å²) in [6, 6.07) is 0.567. The van der Waals surface area contributed by atoms with E-state index in [-0.39, 0.29) is 5.82 Å². The van der Waals surface area contributed by atoms with Crippen LogP contribution in [0, 0.1) is 0 Å². The van der Waals surface area contributed by atoms with E-state index < -0.39 is 11.7 Å². The van der Waals surface area contributed by atoms with Crippen molar-refractivity contribution in [2.45, 2.75) is 31.6 Å². The first-order chi connectivity index (χ1) is 9.52. The third-order valence-electron chi connectivity index (χ3n) is 2.99. The summed E-state index contributed by atoms with van der Waals surface area (Å²) in [5.74, 6) is 0.260. The number of rotatable bonds is 4. The molecular weight excluding hydrogens is 271 g/mol. The molecule has 5 nitrogen and oxygen atoms in total. The van der Waals surface area contributed by atoms with Crippen molar-refractivity contribution in [3.8, 4) is 5.82 Å². The minimum atomic E-state index is -4.40. The molecule has 2 heterocycles. The van der Waals surface area contributed by atoms with Crippen LogP contribution in [0.2, 0.25) is 0 Å². The zero-order valence-corrected chi connectivity index (χ0v) is 10.4. The lowest BCUT2D eigenvalue weighted by Crippen LogP contribution is -2.16. The van der Waals surface area contributed by atoms with Crippen molar-refractivity contribution in [2.75, 3.05) is 0 Å². The molecule has 2 aromatic heterocycles. The predicted molar refractivity (Wildman–Crippen MR) is 64.0 cm³/mol. The Morgan fingerprint density at radius 3 is 2.55 bits per heavy atom. The maximum Gasteiger partial charge on any atom is 0.419 e. The fourth-order valence-electron chi connectivity index (χ4n) is 1.69. The maximum atomic E-state index is 12.5. The van der Waals surface area contributed by atoms with Gasteiger partial charge in [0.05, 0.1) is 29.8 Å². The molecule has 0 radical (unpaired) electrons. The molecule has 0 aliphatic heterocycles. The second-order valence-corrected chi connectivity index (χ2v) is 4.69. The Hall–Kier alpha value is -1.96. The molecule has 0 saturated heterocycles. The summed E-state index contributed by atoms with van der Waals surface area (Å²) in [5, 5.41) is 6.93. The van der Waals surface area contributed by atoms with Gasteiger partial charge in [-0.05, 0) is 12.8 Å². The fourth-order valence-corrected chi connectivity index (χ4v) is 1.69. The minimum absolute atomic E-state index is 0.260. The van der Waals surface area contributed by atoms with E-state index >= 15 is 0 Å². The molecule has 0 atom stereocenters. The highest BCUT2D eigenvalue weighted by Gasteiger charge is 2.32. The van der Waals surface area contributed by atoms with Crippen molar-refractivity contribution in [2.24, 2.45) is 0 Å². The molecule has 106 valence electrons. The Balaban J connectivity index is 1.71. The van der Waals surface area contributed by atoms with Crippen LogP contribution in [0.25, 0.3) is 5.82 Å². The van der Waals surface area contributed by atoms with Crippen molar-refractivity contribution in [3.63, 3.8) is 0 Å². The second-order valence-electron chi connectivity index (χ2n) is 4.69. The maximum absolute atomic E-state index is 12.5. The van der Waals surface area contributed by atoms with Crippen LogP contribution in [0.1, 0.15) is 24.1 Å². The molecule has 1 fully saturated rings. The minimum Gasteiger partial charge on any atom is -0.308 e. The van der Waals surface area contributed by atoms with Gasteiger partial charge >= 0.3 is 6.18 Å². The number of halogens is 3. The Labute approximate surface area is 112 Å². The molecule has 8 heteroatoms. The monoisotopic (exact) mass is 283 g/mol. The molecule has 3 rings (SSSR count). The van der Waals surface area contributed by atoms with Gasteiger partial charge in [-0.3, -0.25) is 4.98 Å². The van der Waals surface area contributed by atoms with Gasteiger partial charge in [0.25, 0.3) is 0 Å². The van der Waals surface area contributed by atoms with Gasteiger partial charge in [-0.2, -0.15) is 18.3 Å². The van der Waals surface area contributed by atoms with Gasteiger partial charge in [-0.1, -0.05) is 0 Å². The highest BCUT2D eigenvalue weighted by atomic mass is 19.4. The van der Waals surface area contributed by atoms with E-state index in [1.54, 1.807) is 6.20 Å². The summed E-state index contributed by atoms with van der Waals surface area (Å²) in [4.78, 5) is 8.23. The molecule has 1 N–H and O–H groups in total. The van der Waals surface area contributed by atoms with Gasteiger partial charge in [-0.25, -0.2) is 9.67 Å². The number of aromatic nitrogens is 4. The summed E-state index contributed by atoms with van der Waals surface area (Å²) in [6.45, 7) is 0.616. The Bertz CT molecular complexity index is 586. The number of alkyl halides is 3. The normalized spacial score (nSPS) is 15.6. The molecule has 0 aromatic carbocycles. The van der Waals surface area contributed by atoms with Gasteiger partial charge < -0.3 is 5.32 Å². The zero-order chi connectivity index (χ0) is 14.2. The smallest absolute Gasteiger partial charge is 0.308 e. The molecule has 2 aromatic rings. The molecule has 0 amide bonds. The van der Waals surface area contributed by atoms with E-state index in [1.807, 2.05) is 0 Å². The quantitative estimate of drug-likeness (QED) is 0.931. The third-order valence-corrected chi connectivity index (χ3v) is 2.99. The van der Waals surface area contributed by atoms with Gasteiger partial charge in [0.15, 0.2) is 5.82 Å². The van der Waals surface area contributed by atoms with E-state index in [4.69, 9.17) is 0 Å². The van der Waals surface area contributed by atoms with Gasteiger partial charge in [0.2, 0.25) is 0 Å². The number of nitrogens with one attached hydrogen (secondary N) is 1. The van der Waals surface area contributed by atoms with E-state index in [9.17, 15) is 13.2 Å². The van der Waals surface area contributed by atoms with Crippen LogP contribution in [-0.2, 0) is 12.7 Å². The van der Waals surface area contributed by atoms with Crippen molar-refractivity contribution in [3.05, 3.63) is 36.0 Å². The number of nitrogens with zero attached hydrogens (tertiary/aromatic N) is 4. The summed E-state index contributed by atoms with van der Waals surface area (Å²) in [7, 11) is 0. The molecule has 1 saturated carbocycles. The zero-order valence-electron chi connectivity index (χ0n) is 10.4. The summed E-state index contributed by atoms with van der Waals surface area (Å²) >= 11 is 0. The van der Waals surface area contributed by atoms with Gasteiger partial charge in [0.1, 0.15) is 0 Å². The summed E-state index contributed by atoms with van der Waals surface area (Å²) in [5.41, 5.74) is -0.0531. The van der Waals surface area contributed by atoms with E-state index in [0.717, 1.165) is 22.8 Å². The number of hydrogen-bond acceptors (Lipinski definition) is 4. The molecule has 0 bridgehead atoms. The summed E-state index contributed by atoms with van der Waals surface area (Å²) in [6.07, 6.45) is 2.57. The van der Waals surface area contributed by atoms with Crippen LogP contribution in [0.5, 0.6) is 0 Å². The molecule has 0 spiro atoms. The SMILES string of the molecule is FC(F)(F)c1cnn(-c2cnc(CNC3CC3)cn2)c1. The number of hydrogen-bond donors (Lipinski definition) is 1. The topological polar surface area (TPSA) is 55.6 Å². The van der Waals surface area contributed by atoms with Crippen LogP contribution < -0.4 is 5.32 Å². The first kappa shape index (κ1) is 13.0. The van der Waals surface area contributed by atoms with Crippen LogP contribution in [0.3, 0.4) is 0 Å². The standard InChI is InChI=1S/C12H12F3N5/c13-12(14,15)8-3-19-20(7-8)11-6-17-10(5-18-11)4-16-9-1-2-9/h3,5-7,9,16H,1-2,4H2. The molecular formula is C12H12F3N5. The average Bonchev–Trinajstić information content (AvgIpc) is 3.09. The van der Waals surface area contributed by atoms with E-state index in [2.05, 4.69) is 20.4 Å². The lowest BCUT2D eigenvalue weighted by molar-refractivity contribution is -0.137. The average molecular weight is 283 g/mol. The van der Waals surface area contributed by atoms with Crippen molar-refractivity contribution < 1.29 is 13.2 Å². The van der Waals surface area contributed by atoms with Crippen molar-refractivity contribution >= 4 is 0 Å². The Kier molecular flexibility index (Phi) is 3.17. The third kappa shape index (κ3) is 2.96. The van der Waals surface area contributed by atoms with Crippen LogP contribution in [0.15, 0.2) is 24.8 Å². The molecule has 1 aliphatic carbocycles.